The summed E-state index contributed by atoms with van der Waals surface area (Å²) < 4.78 is 5.41. The summed E-state index contributed by atoms with van der Waals surface area (Å²) in [6.07, 6.45) is 0.263. The highest BCUT2D eigenvalue weighted by atomic mass is 35.5. The molecular weight excluding hydrogens is 275 g/mol. The molecular formula is C12H18Cl2N2O2. The van der Waals surface area contributed by atoms with Crippen LogP contribution in [-0.4, -0.2) is 37.5 Å². The van der Waals surface area contributed by atoms with E-state index in [0.717, 1.165) is 13.0 Å². The molecule has 0 radical (unpaired) electrons. The lowest BCUT2D eigenvalue weighted by Crippen LogP contribution is -2.32. The summed E-state index contributed by atoms with van der Waals surface area (Å²) in [7, 11) is 0. The Morgan fingerprint density at radius 1 is 1.33 bits per heavy atom. The fourth-order valence-electron chi connectivity index (χ4n) is 1.35. The van der Waals surface area contributed by atoms with E-state index in [1.807, 2.05) is 0 Å². The van der Waals surface area contributed by atoms with Gasteiger partial charge in [0.15, 0.2) is 5.75 Å². The molecule has 1 aromatic carbocycles. The van der Waals surface area contributed by atoms with Crippen LogP contribution in [0.3, 0.4) is 0 Å². The average Bonchev–Trinajstić information content (AvgIpc) is 2.34. The lowest BCUT2D eigenvalue weighted by molar-refractivity contribution is 0.106. The molecule has 6 heteroatoms. The van der Waals surface area contributed by atoms with Crippen LogP contribution < -0.4 is 15.8 Å². The monoisotopic (exact) mass is 292 g/mol. The molecule has 1 atom stereocenters. The fourth-order valence-corrected chi connectivity index (χ4v) is 1.86. The number of ether oxygens (including phenoxy) is 1. The van der Waals surface area contributed by atoms with Crippen molar-refractivity contribution in [1.82, 2.24) is 5.32 Å². The molecule has 1 aromatic rings. The van der Waals surface area contributed by atoms with Crippen LogP contribution in [0.15, 0.2) is 18.2 Å². The molecule has 0 bridgehead atoms. The van der Waals surface area contributed by atoms with Gasteiger partial charge in [-0.05, 0) is 31.6 Å². The average molecular weight is 293 g/mol. The van der Waals surface area contributed by atoms with Gasteiger partial charge in [0.2, 0.25) is 0 Å². The number of hydrogen-bond acceptors (Lipinski definition) is 4. The van der Waals surface area contributed by atoms with Crippen LogP contribution in [0.5, 0.6) is 5.75 Å². The second-order valence-electron chi connectivity index (χ2n) is 3.86. The summed E-state index contributed by atoms with van der Waals surface area (Å²) >= 11 is 11.9. The second-order valence-corrected chi connectivity index (χ2v) is 4.68. The third-order valence-corrected chi connectivity index (χ3v) is 2.87. The quantitative estimate of drug-likeness (QED) is 0.638. The number of hydrogen-bond donors (Lipinski definition) is 3. The molecule has 0 aromatic heterocycles. The molecule has 0 aliphatic heterocycles. The molecule has 0 aliphatic rings. The van der Waals surface area contributed by atoms with E-state index in [4.69, 9.17) is 33.7 Å². The highest BCUT2D eigenvalue weighted by Gasteiger charge is 2.10. The van der Waals surface area contributed by atoms with Crippen molar-refractivity contribution in [2.75, 3.05) is 26.2 Å². The van der Waals surface area contributed by atoms with Crippen LogP contribution in [0.1, 0.15) is 6.42 Å². The smallest absolute Gasteiger partial charge is 0.156 e. The molecule has 18 heavy (non-hydrogen) atoms. The number of rotatable bonds is 8. The first kappa shape index (κ1) is 15.5. The minimum Gasteiger partial charge on any atom is -0.488 e. The number of halogens is 2. The highest BCUT2D eigenvalue weighted by molar-refractivity contribution is 6.37. The molecule has 1 rings (SSSR count). The molecule has 0 amide bonds. The van der Waals surface area contributed by atoms with Crippen molar-refractivity contribution in [2.24, 2.45) is 5.73 Å². The van der Waals surface area contributed by atoms with Crippen LogP contribution in [0, 0.1) is 0 Å². The predicted octanol–water partition coefficient (Wildman–Crippen LogP) is 1.67. The van der Waals surface area contributed by atoms with Gasteiger partial charge in [-0.1, -0.05) is 29.3 Å². The molecule has 4 nitrogen and oxygen atoms in total. The van der Waals surface area contributed by atoms with Gasteiger partial charge in [0, 0.05) is 6.54 Å². The van der Waals surface area contributed by atoms with Gasteiger partial charge in [0.1, 0.15) is 12.7 Å². The van der Waals surface area contributed by atoms with Crippen molar-refractivity contribution in [1.29, 1.82) is 0 Å². The predicted molar refractivity (Wildman–Crippen MR) is 74.5 cm³/mol. The first-order valence-electron chi connectivity index (χ1n) is 5.80. The van der Waals surface area contributed by atoms with Crippen LogP contribution in [0.25, 0.3) is 0 Å². The molecule has 4 N–H and O–H groups in total. The number of benzene rings is 1. The van der Waals surface area contributed by atoms with E-state index in [1.54, 1.807) is 18.2 Å². The molecule has 1 unspecified atom stereocenters. The summed E-state index contributed by atoms with van der Waals surface area (Å²) in [5.41, 5.74) is 5.36. The van der Waals surface area contributed by atoms with Crippen molar-refractivity contribution in [3.8, 4) is 5.75 Å². The number of nitrogens with two attached hydrogens (primary N) is 1. The standard InChI is InChI=1S/C12H18Cl2N2O2/c13-10-3-1-4-11(14)12(10)18-8-9(17)7-16-6-2-5-15/h1,3-4,9,16-17H,2,5-8,15H2. The Labute approximate surface area is 117 Å². The van der Waals surface area contributed by atoms with Gasteiger partial charge in [0.05, 0.1) is 10.0 Å². The minimum atomic E-state index is -0.616. The molecule has 0 heterocycles. The van der Waals surface area contributed by atoms with Crippen molar-refractivity contribution >= 4 is 23.2 Å². The number of aliphatic hydroxyl groups is 1. The lowest BCUT2D eigenvalue weighted by atomic mass is 10.3. The van der Waals surface area contributed by atoms with Gasteiger partial charge in [-0.2, -0.15) is 0 Å². The van der Waals surface area contributed by atoms with Gasteiger partial charge >= 0.3 is 0 Å². The van der Waals surface area contributed by atoms with Gasteiger partial charge in [0.25, 0.3) is 0 Å². The van der Waals surface area contributed by atoms with E-state index in [1.165, 1.54) is 0 Å². The molecule has 0 saturated heterocycles. The topological polar surface area (TPSA) is 67.5 Å². The summed E-state index contributed by atoms with van der Waals surface area (Å²) in [6, 6.07) is 5.12. The minimum absolute atomic E-state index is 0.138. The maximum absolute atomic E-state index is 9.69. The number of nitrogens with one attached hydrogen (secondary N) is 1. The summed E-state index contributed by atoms with van der Waals surface area (Å²) in [5.74, 6) is 0.404. The zero-order chi connectivity index (χ0) is 13.4. The zero-order valence-corrected chi connectivity index (χ0v) is 11.5. The fraction of sp³-hybridized carbons (Fsp3) is 0.500. The highest BCUT2D eigenvalue weighted by Crippen LogP contribution is 2.32. The normalized spacial score (nSPS) is 12.4. The number of aliphatic hydroxyl groups excluding tert-OH is 1. The third-order valence-electron chi connectivity index (χ3n) is 2.28. The van der Waals surface area contributed by atoms with E-state index < -0.39 is 6.10 Å². The van der Waals surface area contributed by atoms with Crippen LogP contribution in [0.4, 0.5) is 0 Å². The SMILES string of the molecule is NCCCNCC(O)COc1c(Cl)cccc1Cl. The Morgan fingerprint density at radius 2 is 2.00 bits per heavy atom. The molecule has 102 valence electrons. The first-order chi connectivity index (χ1) is 8.65. The van der Waals surface area contributed by atoms with E-state index in [-0.39, 0.29) is 6.61 Å². The molecule has 0 spiro atoms. The van der Waals surface area contributed by atoms with Crippen molar-refractivity contribution < 1.29 is 9.84 Å². The Hall–Kier alpha value is -0.520. The largest absolute Gasteiger partial charge is 0.488 e. The lowest BCUT2D eigenvalue weighted by Gasteiger charge is -2.14. The van der Waals surface area contributed by atoms with E-state index >= 15 is 0 Å². The second kappa shape index (κ2) is 8.56. The Morgan fingerprint density at radius 3 is 2.61 bits per heavy atom. The Kier molecular flexibility index (Phi) is 7.39. The van der Waals surface area contributed by atoms with Crippen molar-refractivity contribution in [2.45, 2.75) is 12.5 Å². The van der Waals surface area contributed by atoms with Gasteiger partial charge in [-0.3, -0.25) is 0 Å². The van der Waals surface area contributed by atoms with Gasteiger partial charge < -0.3 is 20.9 Å². The van der Waals surface area contributed by atoms with E-state index in [2.05, 4.69) is 5.32 Å². The number of para-hydroxylation sites is 1. The molecule has 0 aliphatic carbocycles. The maximum Gasteiger partial charge on any atom is 0.156 e. The summed E-state index contributed by atoms with van der Waals surface area (Å²) in [6.45, 7) is 2.00. The van der Waals surface area contributed by atoms with E-state index in [9.17, 15) is 5.11 Å². The van der Waals surface area contributed by atoms with Crippen LogP contribution in [-0.2, 0) is 0 Å². The Bertz CT molecular complexity index is 344. The third kappa shape index (κ3) is 5.42. The zero-order valence-electron chi connectivity index (χ0n) is 10.0. The Balaban J connectivity index is 2.31. The van der Waals surface area contributed by atoms with Crippen molar-refractivity contribution in [3.05, 3.63) is 28.2 Å². The molecule has 0 fully saturated rings. The summed E-state index contributed by atoms with van der Waals surface area (Å²) in [4.78, 5) is 0. The molecule has 0 saturated carbocycles. The first-order valence-corrected chi connectivity index (χ1v) is 6.56. The van der Waals surface area contributed by atoms with Crippen LogP contribution in [0.2, 0.25) is 10.0 Å². The van der Waals surface area contributed by atoms with Crippen molar-refractivity contribution in [3.63, 3.8) is 0 Å². The maximum atomic E-state index is 9.69. The summed E-state index contributed by atoms with van der Waals surface area (Å²) in [5, 5.41) is 13.6. The van der Waals surface area contributed by atoms with Crippen LogP contribution >= 0.6 is 23.2 Å². The van der Waals surface area contributed by atoms with Gasteiger partial charge in [-0.25, -0.2) is 0 Å². The van der Waals surface area contributed by atoms with Gasteiger partial charge in [-0.15, -0.1) is 0 Å². The van der Waals surface area contributed by atoms with E-state index in [0.29, 0.717) is 28.9 Å².